The standard InChI is InChI=1S/C13H15F3N4O3/c14-13(15,16)12(23)19-4-8-2-1-3-20(7-8)10-6-17-9(5-18-10)11(21)22/h5-6,8H,1-4,7H2,(H,19,23)(H,21,22). The number of carboxylic acids is 1. The molecular weight excluding hydrogens is 317 g/mol. The number of nitrogens with one attached hydrogen (secondary N) is 1. The van der Waals surface area contributed by atoms with E-state index in [1.807, 2.05) is 10.2 Å². The zero-order valence-corrected chi connectivity index (χ0v) is 12.0. The van der Waals surface area contributed by atoms with Crippen molar-refractivity contribution in [2.24, 2.45) is 5.92 Å². The van der Waals surface area contributed by atoms with Gasteiger partial charge in [0.2, 0.25) is 0 Å². The Labute approximate surface area is 129 Å². The van der Waals surface area contributed by atoms with Gasteiger partial charge in [0.25, 0.3) is 0 Å². The molecule has 1 amide bonds. The number of carbonyl (C=O) groups is 2. The monoisotopic (exact) mass is 332 g/mol. The predicted octanol–water partition coefficient (Wildman–Crippen LogP) is 1.07. The summed E-state index contributed by atoms with van der Waals surface area (Å²) >= 11 is 0. The van der Waals surface area contributed by atoms with E-state index in [0.717, 1.165) is 12.6 Å². The fourth-order valence-electron chi connectivity index (χ4n) is 2.37. The van der Waals surface area contributed by atoms with E-state index >= 15 is 0 Å². The highest BCUT2D eigenvalue weighted by Crippen LogP contribution is 2.21. The number of carboxylic acid groups (broad SMARTS) is 1. The van der Waals surface area contributed by atoms with Gasteiger partial charge >= 0.3 is 18.1 Å². The van der Waals surface area contributed by atoms with Gasteiger partial charge in [-0.1, -0.05) is 0 Å². The zero-order valence-electron chi connectivity index (χ0n) is 12.0. The molecule has 0 spiro atoms. The Kier molecular flexibility index (Phi) is 5.02. The van der Waals surface area contributed by atoms with Crippen molar-refractivity contribution in [2.45, 2.75) is 19.0 Å². The average molecular weight is 332 g/mol. The lowest BCUT2D eigenvalue weighted by atomic mass is 9.98. The van der Waals surface area contributed by atoms with Crippen molar-refractivity contribution in [3.05, 3.63) is 18.1 Å². The molecule has 1 unspecified atom stereocenters. The molecule has 0 radical (unpaired) electrons. The molecule has 2 heterocycles. The van der Waals surface area contributed by atoms with Crippen LogP contribution in [0.1, 0.15) is 23.3 Å². The highest BCUT2D eigenvalue weighted by molar-refractivity contribution is 5.85. The van der Waals surface area contributed by atoms with Gasteiger partial charge in [-0.15, -0.1) is 0 Å². The van der Waals surface area contributed by atoms with Crippen molar-refractivity contribution >= 4 is 17.7 Å². The molecular formula is C13H15F3N4O3. The average Bonchev–Trinajstić information content (AvgIpc) is 2.52. The second kappa shape index (κ2) is 6.80. The lowest BCUT2D eigenvalue weighted by Crippen LogP contribution is -2.44. The largest absolute Gasteiger partial charge is 0.476 e. The van der Waals surface area contributed by atoms with E-state index < -0.39 is 18.1 Å². The first kappa shape index (κ1) is 17.0. The molecule has 2 N–H and O–H groups in total. The summed E-state index contributed by atoms with van der Waals surface area (Å²) in [5, 5.41) is 10.7. The molecule has 1 aliphatic heterocycles. The Morgan fingerprint density at radius 2 is 2.09 bits per heavy atom. The molecule has 0 aliphatic carbocycles. The molecule has 0 aromatic carbocycles. The van der Waals surface area contributed by atoms with Crippen LogP contribution in [0.25, 0.3) is 0 Å². The van der Waals surface area contributed by atoms with Gasteiger partial charge in [0.15, 0.2) is 5.69 Å². The Morgan fingerprint density at radius 3 is 2.65 bits per heavy atom. The summed E-state index contributed by atoms with van der Waals surface area (Å²) in [5.74, 6) is -2.81. The lowest BCUT2D eigenvalue weighted by Gasteiger charge is -2.33. The number of nitrogens with zero attached hydrogens (tertiary/aromatic N) is 3. The molecule has 7 nitrogen and oxygen atoms in total. The Bertz CT molecular complexity index is 577. The third-order valence-electron chi connectivity index (χ3n) is 3.51. The van der Waals surface area contributed by atoms with Crippen molar-refractivity contribution in [1.82, 2.24) is 15.3 Å². The van der Waals surface area contributed by atoms with Crippen LogP contribution in [0.4, 0.5) is 19.0 Å². The number of carbonyl (C=O) groups excluding carboxylic acids is 1. The highest BCUT2D eigenvalue weighted by atomic mass is 19.4. The van der Waals surface area contributed by atoms with Gasteiger partial charge in [-0.25, -0.2) is 14.8 Å². The van der Waals surface area contributed by atoms with Crippen LogP contribution >= 0.6 is 0 Å². The van der Waals surface area contributed by atoms with Crippen LogP contribution in [-0.2, 0) is 4.79 Å². The Balaban J connectivity index is 1.93. The molecule has 1 aromatic heterocycles. The molecule has 1 aromatic rings. The van der Waals surface area contributed by atoms with Crippen LogP contribution < -0.4 is 10.2 Å². The first-order valence-corrected chi connectivity index (χ1v) is 6.92. The Hall–Kier alpha value is -2.39. The summed E-state index contributed by atoms with van der Waals surface area (Å²) in [6, 6.07) is 0. The smallest absolute Gasteiger partial charge is 0.471 e. The number of alkyl halides is 3. The number of hydrogen-bond donors (Lipinski definition) is 2. The van der Waals surface area contributed by atoms with Crippen molar-refractivity contribution in [1.29, 1.82) is 0 Å². The SMILES string of the molecule is O=C(O)c1cnc(N2CCCC(CNC(=O)C(F)(F)F)C2)cn1. The minimum Gasteiger partial charge on any atom is -0.476 e. The molecule has 1 aliphatic rings. The summed E-state index contributed by atoms with van der Waals surface area (Å²) in [7, 11) is 0. The fraction of sp³-hybridized carbons (Fsp3) is 0.538. The summed E-state index contributed by atoms with van der Waals surface area (Å²) in [4.78, 5) is 31.1. The van der Waals surface area contributed by atoms with Crippen molar-refractivity contribution < 1.29 is 27.9 Å². The van der Waals surface area contributed by atoms with Gasteiger partial charge in [-0.05, 0) is 18.8 Å². The van der Waals surface area contributed by atoms with E-state index in [4.69, 9.17) is 5.11 Å². The summed E-state index contributed by atoms with van der Waals surface area (Å²) in [5.41, 5.74) is -0.181. The predicted molar refractivity (Wildman–Crippen MR) is 73.0 cm³/mol. The van der Waals surface area contributed by atoms with Gasteiger partial charge in [0.1, 0.15) is 5.82 Å². The molecule has 23 heavy (non-hydrogen) atoms. The van der Waals surface area contributed by atoms with Crippen molar-refractivity contribution in [3.8, 4) is 0 Å². The maximum atomic E-state index is 12.2. The lowest BCUT2D eigenvalue weighted by molar-refractivity contribution is -0.173. The van der Waals surface area contributed by atoms with Gasteiger partial charge in [-0.2, -0.15) is 13.2 Å². The fourth-order valence-corrected chi connectivity index (χ4v) is 2.37. The first-order valence-electron chi connectivity index (χ1n) is 6.92. The van der Waals surface area contributed by atoms with Crippen molar-refractivity contribution in [3.63, 3.8) is 0 Å². The number of hydrogen-bond acceptors (Lipinski definition) is 5. The van der Waals surface area contributed by atoms with Crippen LogP contribution in [0.3, 0.4) is 0 Å². The third-order valence-corrected chi connectivity index (χ3v) is 3.51. The third kappa shape index (κ3) is 4.54. The summed E-state index contributed by atoms with van der Waals surface area (Å²) < 4.78 is 36.5. The molecule has 2 rings (SSSR count). The number of anilines is 1. The minimum atomic E-state index is -4.88. The molecule has 10 heteroatoms. The van der Waals surface area contributed by atoms with Crippen LogP contribution in [0, 0.1) is 5.92 Å². The van der Waals surface area contributed by atoms with Gasteiger partial charge in [0.05, 0.1) is 12.4 Å². The van der Waals surface area contributed by atoms with Crippen LogP contribution in [0.15, 0.2) is 12.4 Å². The quantitative estimate of drug-likeness (QED) is 0.856. The maximum Gasteiger partial charge on any atom is 0.471 e. The molecule has 1 atom stereocenters. The van der Waals surface area contributed by atoms with Gasteiger partial charge in [0, 0.05) is 19.6 Å². The van der Waals surface area contributed by atoms with E-state index in [1.54, 1.807) is 0 Å². The maximum absolute atomic E-state index is 12.2. The second-order valence-electron chi connectivity index (χ2n) is 5.23. The minimum absolute atomic E-state index is 0.0739. The molecule has 1 saturated heterocycles. The normalized spacial score (nSPS) is 18.6. The zero-order chi connectivity index (χ0) is 17.0. The number of piperidine rings is 1. The van der Waals surface area contributed by atoms with E-state index in [2.05, 4.69) is 9.97 Å². The number of aromatic carboxylic acids is 1. The highest BCUT2D eigenvalue weighted by Gasteiger charge is 2.38. The first-order chi connectivity index (χ1) is 10.8. The van der Waals surface area contributed by atoms with Crippen LogP contribution in [0.5, 0.6) is 0 Å². The van der Waals surface area contributed by atoms with E-state index in [9.17, 15) is 22.8 Å². The van der Waals surface area contributed by atoms with Crippen LogP contribution in [0.2, 0.25) is 0 Å². The van der Waals surface area contributed by atoms with Gasteiger partial charge < -0.3 is 15.3 Å². The summed E-state index contributed by atoms with van der Waals surface area (Å²) in [6.45, 7) is 0.986. The summed E-state index contributed by atoms with van der Waals surface area (Å²) in [6.07, 6.45) is -1.01. The number of aromatic nitrogens is 2. The molecule has 126 valence electrons. The van der Waals surface area contributed by atoms with E-state index in [1.165, 1.54) is 6.20 Å². The van der Waals surface area contributed by atoms with Crippen LogP contribution in [-0.4, -0.2) is 52.8 Å². The topological polar surface area (TPSA) is 95.4 Å². The Morgan fingerprint density at radius 1 is 1.35 bits per heavy atom. The van der Waals surface area contributed by atoms with Crippen molar-refractivity contribution in [2.75, 3.05) is 24.5 Å². The number of halogens is 3. The molecule has 0 saturated carbocycles. The van der Waals surface area contributed by atoms with E-state index in [-0.39, 0.29) is 18.2 Å². The number of rotatable bonds is 4. The molecule has 1 fully saturated rings. The number of amides is 1. The molecule has 0 bridgehead atoms. The van der Waals surface area contributed by atoms with E-state index in [0.29, 0.717) is 25.3 Å². The van der Waals surface area contributed by atoms with Gasteiger partial charge in [-0.3, -0.25) is 4.79 Å². The second-order valence-corrected chi connectivity index (χ2v) is 5.23.